The van der Waals surface area contributed by atoms with Crippen molar-refractivity contribution in [3.63, 3.8) is 0 Å². The summed E-state index contributed by atoms with van der Waals surface area (Å²) in [6, 6.07) is 52.4. The van der Waals surface area contributed by atoms with E-state index in [0.29, 0.717) is 23.2 Å². The minimum atomic E-state index is 0.495. The Kier molecular flexibility index (Phi) is 6.11. The highest BCUT2D eigenvalue weighted by molar-refractivity contribution is 6.18. The number of hydrogen-bond donors (Lipinski definition) is 0. The van der Waals surface area contributed by atoms with E-state index in [0.717, 1.165) is 65.4 Å². The fourth-order valence-electron chi connectivity index (χ4n) is 6.88. The number of pyridine rings is 1. The fraction of sp³-hybridized carbons (Fsp3) is 0. The second-order valence-electron chi connectivity index (χ2n) is 12.3. The van der Waals surface area contributed by atoms with Crippen molar-refractivity contribution in [1.29, 1.82) is 0 Å². The summed E-state index contributed by atoms with van der Waals surface area (Å²) >= 11 is 0. The number of benzene rings is 7. The van der Waals surface area contributed by atoms with Crippen LogP contribution in [0, 0.1) is 0 Å². The molecule has 10 rings (SSSR count). The van der Waals surface area contributed by atoms with Crippen LogP contribution in [0.2, 0.25) is 0 Å². The molecule has 228 valence electrons. The third kappa shape index (κ3) is 4.63. The molecule has 0 amide bonds. The van der Waals surface area contributed by atoms with E-state index >= 15 is 0 Å². The van der Waals surface area contributed by atoms with Gasteiger partial charge in [0.15, 0.2) is 17.5 Å². The molecular formula is C44H26N4O. The van der Waals surface area contributed by atoms with Gasteiger partial charge in [-0.1, -0.05) is 121 Å². The maximum atomic E-state index is 6.48. The van der Waals surface area contributed by atoms with Gasteiger partial charge in [-0.3, -0.25) is 4.98 Å². The van der Waals surface area contributed by atoms with Gasteiger partial charge < -0.3 is 4.42 Å². The van der Waals surface area contributed by atoms with Crippen molar-refractivity contribution in [3.05, 3.63) is 158 Å². The molecule has 10 aromatic rings. The first-order valence-corrected chi connectivity index (χ1v) is 16.3. The van der Waals surface area contributed by atoms with Crippen LogP contribution in [0.3, 0.4) is 0 Å². The summed E-state index contributed by atoms with van der Waals surface area (Å²) < 4.78 is 6.48. The minimum Gasteiger partial charge on any atom is -0.455 e. The number of furan rings is 1. The summed E-state index contributed by atoms with van der Waals surface area (Å²) in [6.07, 6.45) is 1.77. The molecule has 0 atom stereocenters. The molecule has 0 saturated carbocycles. The Labute approximate surface area is 281 Å². The Balaban J connectivity index is 1.18. The Morgan fingerprint density at radius 3 is 1.73 bits per heavy atom. The summed E-state index contributed by atoms with van der Waals surface area (Å²) in [5.74, 6) is 1.66. The molecule has 0 N–H and O–H groups in total. The number of hydrogen-bond acceptors (Lipinski definition) is 5. The Morgan fingerprint density at radius 1 is 0.388 bits per heavy atom. The standard InChI is InChI=1S/C44H26N4O/c1-2-8-27(9-3-1)31-15-16-33-26-35(19-17-32(33)24-31)43-46-42(34-18-14-28-10-4-5-12-30(28)25-34)47-44(48-43)40-39-37-21-20-29-11-6-7-13-36(29)41(37)49-38(39)22-23-45-40/h1-26H. The van der Waals surface area contributed by atoms with Gasteiger partial charge in [0, 0.05) is 28.1 Å². The van der Waals surface area contributed by atoms with E-state index in [2.05, 4.69) is 121 Å². The van der Waals surface area contributed by atoms with Gasteiger partial charge in [0.2, 0.25) is 0 Å². The first-order valence-electron chi connectivity index (χ1n) is 16.3. The quantitative estimate of drug-likeness (QED) is 0.194. The zero-order valence-corrected chi connectivity index (χ0v) is 26.2. The minimum absolute atomic E-state index is 0.495. The van der Waals surface area contributed by atoms with E-state index in [9.17, 15) is 0 Å². The third-order valence-electron chi connectivity index (χ3n) is 9.33. The van der Waals surface area contributed by atoms with Crippen LogP contribution < -0.4 is 0 Å². The van der Waals surface area contributed by atoms with Crippen molar-refractivity contribution in [1.82, 2.24) is 19.9 Å². The largest absolute Gasteiger partial charge is 0.455 e. The van der Waals surface area contributed by atoms with E-state index in [1.165, 1.54) is 11.1 Å². The van der Waals surface area contributed by atoms with Crippen LogP contribution in [0.4, 0.5) is 0 Å². The van der Waals surface area contributed by atoms with Crippen molar-refractivity contribution in [2.45, 2.75) is 0 Å². The van der Waals surface area contributed by atoms with Gasteiger partial charge in [-0.05, 0) is 68.4 Å². The van der Waals surface area contributed by atoms with Gasteiger partial charge in [0.1, 0.15) is 16.9 Å². The molecule has 0 spiro atoms. The van der Waals surface area contributed by atoms with Gasteiger partial charge in [-0.25, -0.2) is 15.0 Å². The first kappa shape index (κ1) is 27.4. The fourth-order valence-corrected chi connectivity index (χ4v) is 6.88. The molecule has 3 heterocycles. The highest BCUT2D eigenvalue weighted by Crippen LogP contribution is 2.38. The SMILES string of the molecule is c1ccc(-c2ccc3cc(-c4nc(-c5ccc6ccccc6c5)nc(-c5nccc6oc7c8ccccc8ccc7c56)n4)ccc3c2)cc1. The predicted octanol–water partition coefficient (Wildman–Crippen LogP) is 11.3. The Bertz CT molecular complexity index is 2890. The molecule has 0 fully saturated rings. The molecule has 5 heteroatoms. The lowest BCUT2D eigenvalue weighted by molar-refractivity contribution is 0.672. The molecular weight excluding hydrogens is 601 g/mol. The van der Waals surface area contributed by atoms with E-state index in [1.54, 1.807) is 6.20 Å². The molecule has 3 aromatic heterocycles. The molecule has 7 aromatic carbocycles. The van der Waals surface area contributed by atoms with E-state index in [1.807, 2.05) is 30.3 Å². The molecule has 0 aliphatic rings. The molecule has 49 heavy (non-hydrogen) atoms. The summed E-state index contributed by atoms with van der Waals surface area (Å²) in [5, 5.41) is 8.59. The van der Waals surface area contributed by atoms with Crippen molar-refractivity contribution >= 4 is 54.3 Å². The zero-order chi connectivity index (χ0) is 32.3. The van der Waals surface area contributed by atoms with E-state index in [4.69, 9.17) is 24.4 Å². The zero-order valence-electron chi connectivity index (χ0n) is 26.2. The first-order chi connectivity index (χ1) is 24.2. The van der Waals surface area contributed by atoms with Gasteiger partial charge in [0.05, 0.1) is 5.39 Å². The second kappa shape index (κ2) is 10.9. The topological polar surface area (TPSA) is 64.7 Å². The lowest BCUT2D eigenvalue weighted by atomic mass is 10.00. The molecule has 0 radical (unpaired) electrons. The maximum Gasteiger partial charge on any atom is 0.183 e. The summed E-state index contributed by atoms with van der Waals surface area (Å²) in [7, 11) is 0. The molecule has 0 aliphatic carbocycles. The number of nitrogens with zero attached hydrogens (tertiary/aromatic N) is 4. The van der Waals surface area contributed by atoms with Crippen LogP contribution in [0.1, 0.15) is 0 Å². The van der Waals surface area contributed by atoms with Gasteiger partial charge in [-0.2, -0.15) is 0 Å². The van der Waals surface area contributed by atoms with Crippen LogP contribution in [-0.4, -0.2) is 19.9 Å². The molecule has 5 nitrogen and oxygen atoms in total. The van der Waals surface area contributed by atoms with Crippen LogP contribution in [0.5, 0.6) is 0 Å². The van der Waals surface area contributed by atoms with Gasteiger partial charge >= 0.3 is 0 Å². The third-order valence-corrected chi connectivity index (χ3v) is 9.33. The number of rotatable bonds is 4. The predicted molar refractivity (Wildman–Crippen MR) is 199 cm³/mol. The van der Waals surface area contributed by atoms with Gasteiger partial charge in [0.25, 0.3) is 0 Å². The normalized spacial score (nSPS) is 11.7. The summed E-state index contributed by atoms with van der Waals surface area (Å²) in [6.45, 7) is 0. The highest BCUT2D eigenvalue weighted by Gasteiger charge is 2.20. The van der Waals surface area contributed by atoms with Crippen LogP contribution >= 0.6 is 0 Å². The van der Waals surface area contributed by atoms with Crippen molar-refractivity contribution in [3.8, 4) is 45.4 Å². The van der Waals surface area contributed by atoms with Crippen LogP contribution in [-0.2, 0) is 0 Å². The monoisotopic (exact) mass is 626 g/mol. The lowest BCUT2D eigenvalue weighted by Gasteiger charge is -2.10. The molecule has 0 aliphatic heterocycles. The van der Waals surface area contributed by atoms with Gasteiger partial charge in [-0.15, -0.1) is 0 Å². The Morgan fingerprint density at radius 2 is 0.959 bits per heavy atom. The van der Waals surface area contributed by atoms with E-state index < -0.39 is 0 Å². The molecule has 0 unspecified atom stereocenters. The summed E-state index contributed by atoms with van der Waals surface area (Å²) in [4.78, 5) is 20.1. The highest BCUT2D eigenvalue weighted by atomic mass is 16.3. The van der Waals surface area contributed by atoms with Crippen LogP contribution in [0.25, 0.3) is 99.7 Å². The number of fused-ring (bicyclic) bond motifs is 7. The average Bonchev–Trinajstić information content (AvgIpc) is 3.57. The smallest absolute Gasteiger partial charge is 0.183 e. The molecule has 0 saturated heterocycles. The lowest BCUT2D eigenvalue weighted by Crippen LogP contribution is -2.01. The number of aromatic nitrogens is 4. The van der Waals surface area contributed by atoms with Crippen molar-refractivity contribution in [2.75, 3.05) is 0 Å². The summed E-state index contributed by atoms with van der Waals surface area (Å²) in [5.41, 5.74) is 6.41. The maximum absolute atomic E-state index is 6.48. The molecule has 0 bridgehead atoms. The second-order valence-corrected chi connectivity index (χ2v) is 12.3. The van der Waals surface area contributed by atoms with Crippen LogP contribution in [0.15, 0.2) is 162 Å². The van der Waals surface area contributed by atoms with Crippen molar-refractivity contribution in [2.24, 2.45) is 0 Å². The van der Waals surface area contributed by atoms with Crippen molar-refractivity contribution < 1.29 is 4.42 Å². The van der Waals surface area contributed by atoms with E-state index in [-0.39, 0.29) is 0 Å². The average molecular weight is 627 g/mol. The Hall–Kier alpha value is -6.72.